The van der Waals surface area contributed by atoms with Crippen molar-refractivity contribution < 1.29 is 0 Å². The third-order valence-corrected chi connectivity index (χ3v) is 19.3. The SMILES string of the molecule is CC(C)(C)c1cccc(-c2cc3c4c(c2)-n2c5ccccc5c5ccccc5c5ccccc5c5cc(-c6cc(C(C)(C)C)cc(C(C)(C)C)c6)cc(c52)B4c2ccc(C(C)(C)C)cc2N3c2c(-c3ccccc3)cc(C(C)(C)C)cc2-c2ccccc2)c1. The summed E-state index contributed by atoms with van der Waals surface area (Å²) in [6, 6.07) is 89.7. The van der Waals surface area contributed by atoms with Gasteiger partial charge in [0.2, 0.25) is 0 Å². The van der Waals surface area contributed by atoms with Crippen LogP contribution in [0.3, 0.4) is 0 Å². The lowest BCUT2D eigenvalue weighted by molar-refractivity contribution is 0.569. The van der Waals surface area contributed by atoms with E-state index in [1.807, 2.05) is 0 Å². The van der Waals surface area contributed by atoms with E-state index >= 15 is 0 Å². The van der Waals surface area contributed by atoms with Crippen molar-refractivity contribution in [3.05, 3.63) is 258 Å². The van der Waals surface area contributed by atoms with Crippen LogP contribution in [0.1, 0.15) is 132 Å². The van der Waals surface area contributed by atoms with Crippen molar-refractivity contribution in [2.24, 2.45) is 0 Å². The van der Waals surface area contributed by atoms with Crippen LogP contribution in [0.4, 0.5) is 17.1 Å². The molecule has 0 fully saturated rings. The smallest absolute Gasteiger partial charge is 0.252 e. The van der Waals surface area contributed by atoms with Gasteiger partial charge in [0, 0.05) is 44.5 Å². The Morgan fingerprint density at radius 3 is 1.25 bits per heavy atom. The third kappa shape index (κ3) is 9.97. The molecule has 2 nitrogen and oxygen atoms in total. The Morgan fingerprint density at radius 1 is 0.270 bits per heavy atom. The molecule has 0 aliphatic carbocycles. The lowest BCUT2D eigenvalue weighted by Gasteiger charge is -2.43. The van der Waals surface area contributed by atoms with E-state index in [2.05, 4.69) is 344 Å². The van der Waals surface area contributed by atoms with E-state index in [-0.39, 0.29) is 33.8 Å². The summed E-state index contributed by atoms with van der Waals surface area (Å²) in [6.07, 6.45) is 0. The summed E-state index contributed by atoms with van der Waals surface area (Å²) >= 11 is 0. The molecular weight excluding hydrogens is 1070 g/mol. The van der Waals surface area contributed by atoms with Crippen molar-refractivity contribution in [2.75, 3.05) is 4.90 Å². The maximum absolute atomic E-state index is 2.74. The fraction of sp³-hybridized carbons (Fsp3) is 0.233. The average molecular weight is 1160 g/mol. The molecule has 0 atom stereocenters. The Balaban J connectivity index is 1.27. The number of fused-ring (bicyclic) bond motifs is 11. The summed E-state index contributed by atoms with van der Waals surface area (Å²) in [7, 11) is 0. The van der Waals surface area contributed by atoms with Crippen molar-refractivity contribution in [2.45, 2.75) is 131 Å². The van der Waals surface area contributed by atoms with E-state index in [0.29, 0.717) is 0 Å². The molecule has 3 heteroatoms. The fourth-order valence-electron chi connectivity index (χ4n) is 14.2. The lowest BCUT2D eigenvalue weighted by atomic mass is 9.33. The van der Waals surface area contributed by atoms with Crippen LogP contribution in [0.5, 0.6) is 0 Å². The molecule has 1 aromatic heterocycles. The van der Waals surface area contributed by atoms with Gasteiger partial charge in [-0.1, -0.05) is 292 Å². The largest absolute Gasteiger partial charge is 0.310 e. The molecule has 0 spiro atoms. The van der Waals surface area contributed by atoms with Crippen molar-refractivity contribution in [3.63, 3.8) is 0 Å². The molecule has 2 aliphatic rings. The summed E-state index contributed by atoms with van der Waals surface area (Å²) in [5, 5.41) is 7.29. The summed E-state index contributed by atoms with van der Waals surface area (Å²) in [5.74, 6) is 0. The fourth-order valence-corrected chi connectivity index (χ4v) is 14.2. The Hall–Kier alpha value is -8.92. The zero-order valence-corrected chi connectivity index (χ0v) is 54.9. The summed E-state index contributed by atoms with van der Waals surface area (Å²) in [4.78, 5) is 2.74. The highest BCUT2D eigenvalue weighted by molar-refractivity contribution is 7.00. The number of rotatable bonds is 5. The predicted octanol–water partition coefficient (Wildman–Crippen LogP) is 22.0. The predicted molar refractivity (Wildman–Crippen MR) is 388 cm³/mol. The van der Waals surface area contributed by atoms with Gasteiger partial charge < -0.3 is 9.47 Å². The minimum atomic E-state index is -0.190. The van der Waals surface area contributed by atoms with Gasteiger partial charge in [-0.25, -0.2) is 0 Å². The van der Waals surface area contributed by atoms with E-state index < -0.39 is 0 Å². The molecule has 2 aliphatic heterocycles. The van der Waals surface area contributed by atoms with E-state index in [4.69, 9.17) is 0 Å². The molecule has 14 rings (SSSR count). The molecule has 0 bridgehead atoms. The number of aromatic nitrogens is 1. The molecule has 0 N–H and O–H groups in total. The standard InChI is InChI=1S/C86H83BN2/c1-82(2,3)60-34-28-33-56(43-60)59-48-77-79-78(49-59)89(80-70(54-29-18-16-19-30-54)51-64(86(13,14)15)52-71(80)55-31-20-17-21-32-55)76-53-61(83(4,5)6)41-42-73(76)87(79)74-47-58(57-44-62(84(7,8)9)50-63(45-57)85(10,11)12)46-72-68-38-25-23-36-66(68)65-35-22-24-37-67(65)69-39-26-27-40-75(69)88(77)81(72)74/h16-53H,1-15H3. The first-order valence-electron chi connectivity index (χ1n) is 32.3. The number of benzene rings is 11. The first kappa shape index (κ1) is 57.8. The second-order valence-corrected chi connectivity index (χ2v) is 30.7. The van der Waals surface area contributed by atoms with Crippen LogP contribution >= 0.6 is 0 Å². The molecule has 0 saturated heterocycles. The molecular formula is C86H83BN2. The van der Waals surface area contributed by atoms with Crippen LogP contribution in [-0.2, 0) is 27.1 Å². The van der Waals surface area contributed by atoms with Crippen LogP contribution in [-0.4, -0.2) is 11.3 Å². The normalized spacial score (nSPS) is 13.3. The molecule has 0 radical (unpaired) electrons. The van der Waals surface area contributed by atoms with Crippen molar-refractivity contribution in [1.29, 1.82) is 0 Å². The van der Waals surface area contributed by atoms with Crippen LogP contribution in [0, 0.1) is 0 Å². The van der Waals surface area contributed by atoms with Crippen LogP contribution < -0.4 is 21.3 Å². The third-order valence-electron chi connectivity index (χ3n) is 19.3. The van der Waals surface area contributed by atoms with E-state index in [1.54, 1.807) is 0 Å². The van der Waals surface area contributed by atoms with Gasteiger partial charge in [0.05, 0.1) is 11.2 Å². The van der Waals surface area contributed by atoms with Gasteiger partial charge in [-0.3, -0.25) is 0 Å². The van der Waals surface area contributed by atoms with Crippen molar-refractivity contribution >= 4 is 83.5 Å². The molecule has 3 heterocycles. The Bertz CT molecular complexity index is 4810. The molecule has 0 saturated carbocycles. The monoisotopic (exact) mass is 1150 g/mol. The average Bonchev–Trinajstić information content (AvgIpc) is 1.39. The zero-order chi connectivity index (χ0) is 62.3. The molecule has 440 valence electrons. The number of anilines is 3. The van der Waals surface area contributed by atoms with Gasteiger partial charge in [-0.2, -0.15) is 0 Å². The second-order valence-electron chi connectivity index (χ2n) is 30.7. The highest BCUT2D eigenvalue weighted by Crippen LogP contribution is 2.52. The van der Waals surface area contributed by atoms with Crippen molar-refractivity contribution in [3.8, 4) is 50.2 Å². The first-order valence-corrected chi connectivity index (χ1v) is 32.3. The van der Waals surface area contributed by atoms with E-state index in [9.17, 15) is 0 Å². The Kier molecular flexibility index (Phi) is 13.5. The summed E-state index contributed by atoms with van der Waals surface area (Å²) in [5.41, 5.74) is 26.6. The van der Waals surface area contributed by atoms with Gasteiger partial charge in [0.1, 0.15) is 0 Å². The molecule has 89 heavy (non-hydrogen) atoms. The second kappa shape index (κ2) is 20.8. The highest BCUT2D eigenvalue weighted by atomic mass is 15.2. The quantitative estimate of drug-likeness (QED) is 0.156. The molecule has 11 aromatic carbocycles. The number of para-hydroxylation sites is 1. The minimum Gasteiger partial charge on any atom is -0.310 e. The zero-order valence-electron chi connectivity index (χ0n) is 54.9. The van der Waals surface area contributed by atoms with Gasteiger partial charge >= 0.3 is 0 Å². The van der Waals surface area contributed by atoms with Gasteiger partial charge in [0.25, 0.3) is 6.71 Å². The number of nitrogens with zero attached hydrogens (tertiary/aromatic N) is 2. The minimum absolute atomic E-state index is 0.0749. The summed E-state index contributed by atoms with van der Waals surface area (Å²) in [6.45, 7) is 35.2. The highest BCUT2D eigenvalue weighted by Gasteiger charge is 2.44. The van der Waals surface area contributed by atoms with Gasteiger partial charge in [-0.15, -0.1) is 0 Å². The topological polar surface area (TPSA) is 8.17 Å². The summed E-state index contributed by atoms with van der Waals surface area (Å²) < 4.78 is 2.72. The number of hydrogen-bond donors (Lipinski definition) is 0. The lowest BCUT2D eigenvalue weighted by Crippen LogP contribution is -2.60. The Labute approximate surface area is 529 Å². The van der Waals surface area contributed by atoms with Crippen molar-refractivity contribution in [1.82, 2.24) is 4.57 Å². The number of hydrogen-bond acceptors (Lipinski definition) is 1. The van der Waals surface area contributed by atoms with E-state index in [1.165, 1.54) is 149 Å². The first-order chi connectivity index (χ1) is 42.3. The van der Waals surface area contributed by atoms with Crippen LogP contribution in [0.15, 0.2) is 231 Å². The van der Waals surface area contributed by atoms with Gasteiger partial charge in [-0.05, 0) is 169 Å². The van der Waals surface area contributed by atoms with E-state index in [0.717, 1.165) is 5.52 Å². The molecule has 12 aromatic rings. The Morgan fingerprint density at radius 2 is 0.697 bits per heavy atom. The molecule has 0 unspecified atom stereocenters. The molecule has 0 amide bonds. The van der Waals surface area contributed by atoms with Crippen LogP contribution in [0.2, 0.25) is 0 Å². The van der Waals surface area contributed by atoms with Crippen LogP contribution in [0.25, 0.3) is 93.5 Å². The van der Waals surface area contributed by atoms with Gasteiger partial charge in [0.15, 0.2) is 0 Å². The maximum atomic E-state index is 2.74. The maximum Gasteiger partial charge on any atom is 0.252 e.